The van der Waals surface area contributed by atoms with E-state index < -0.39 is 33.1 Å². The van der Waals surface area contributed by atoms with Crippen molar-refractivity contribution < 1.29 is 32.9 Å². The summed E-state index contributed by atoms with van der Waals surface area (Å²) in [7, 11) is -3.90. The standard InChI is InChI=1S/C18H12ClFO6S2/c19-17-13(12-6-10(20)2-4-14(12)21)7-16(27-17)28(25,26)8-9-1-3-11(18(23)24)15(22)5-9/h1-7,21-22H,8H2,(H,23,24). The van der Waals surface area contributed by atoms with Crippen LogP contribution in [0.2, 0.25) is 4.34 Å². The van der Waals surface area contributed by atoms with Crippen LogP contribution in [0.3, 0.4) is 0 Å². The minimum Gasteiger partial charge on any atom is -0.507 e. The highest BCUT2D eigenvalue weighted by Crippen LogP contribution is 2.42. The van der Waals surface area contributed by atoms with Crippen LogP contribution in [0.1, 0.15) is 15.9 Å². The Morgan fingerprint density at radius 3 is 2.39 bits per heavy atom. The second kappa shape index (κ2) is 7.42. The van der Waals surface area contributed by atoms with E-state index in [4.69, 9.17) is 16.7 Å². The van der Waals surface area contributed by atoms with Crippen molar-refractivity contribution in [3.05, 3.63) is 63.7 Å². The number of rotatable bonds is 5. The van der Waals surface area contributed by atoms with Crippen molar-refractivity contribution in [2.45, 2.75) is 9.96 Å². The van der Waals surface area contributed by atoms with Gasteiger partial charge in [-0.3, -0.25) is 0 Å². The highest BCUT2D eigenvalue weighted by atomic mass is 35.5. The molecule has 6 nitrogen and oxygen atoms in total. The van der Waals surface area contributed by atoms with Gasteiger partial charge in [-0.05, 0) is 42.0 Å². The van der Waals surface area contributed by atoms with E-state index in [1.807, 2.05) is 0 Å². The molecule has 3 rings (SSSR count). The van der Waals surface area contributed by atoms with Gasteiger partial charge in [0, 0.05) is 11.1 Å². The molecule has 0 bridgehead atoms. The Morgan fingerprint density at radius 2 is 1.75 bits per heavy atom. The monoisotopic (exact) mass is 442 g/mol. The summed E-state index contributed by atoms with van der Waals surface area (Å²) in [6.45, 7) is 0. The molecule has 0 aliphatic heterocycles. The summed E-state index contributed by atoms with van der Waals surface area (Å²) in [6.07, 6.45) is 0. The van der Waals surface area contributed by atoms with E-state index in [-0.39, 0.29) is 36.5 Å². The second-order valence-electron chi connectivity index (χ2n) is 5.83. The molecular weight excluding hydrogens is 431 g/mol. The number of phenolic OH excluding ortho intramolecular Hbond substituents is 1. The van der Waals surface area contributed by atoms with Gasteiger partial charge >= 0.3 is 5.97 Å². The zero-order valence-corrected chi connectivity index (χ0v) is 16.3. The third-order valence-corrected chi connectivity index (χ3v) is 7.48. The van der Waals surface area contributed by atoms with Crippen molar-refractivity contribution in [2.24, 2.45) is 0 Å². The minimum atomic E-state index is -3.90. The highest BCUT2D eigenvalue weighted by molar-refractivity contribution is 7.92. The van der Waals surface area contributed by atoms with Crippen LogP contribution in [0.5, 0.6) is 11.5 Å². The molecule has 28 heavy (non-hydrogen) atoms. The lowest BCUT2D eigenvalue weighted by molar-refractivity contribution is 0.0693. The smallest absolute Gasteiger partial charge is 0.339 e. The zero-order valence-electron chi connectivity index (χ0n) is 13.9. The molecule has 0 amide bonds. The summed E-state index contributed by atoms with van der Waals surface area (Å²) in [6, 6.07) is 7.94. The minimum absolute atomic E-state index is 0.0588. The van der Waals surface area contributed by atoms with Gasteiger partial charge in [-0.2, -0.15) is 0 Å². The number of hydrogen-bond donors (Lipinski definition) is 3. The molecule has 0 unspecified atom stereocenters. The van der Waals surface area contributed by atoms with Gasteiger partial charge in [0.2, 0.25) is 0 Å². The predicted molar refractivity (Wildman–Crippen MR) is 102 cm³/mol. The lowest BCUT2D eigenvalue weighted by atomic mass is 10.1. The van der Waals surface area contributed by atoms with Crippen LogP contribution in [0.25, 0.3) is 11.1 Å². The maximum atomic E-state index is 13.5. The first-order valence-corrected chi connectivity index (χ1v) is 10.5. The van der Waals surface area contributed by atoms with Gasteiger partial charge in [0.05, 0.1) is 5.75 Å². The van der Waals surface area contributed by atoms with Gasteiger partial charge in [0.25, 0.3) is 0 Å². The molecule has 3 N–H and O–H groups in total. The Labute approximate surface area is 168 Å². The van der Waals surface area contributed by atoms with Crippen molar-refractivity contribution in [3.8, 4) is 22.6 Å². The molecular formula is C18H12ClFO6S2. The number of carbonyl (C=O) groups is 1. The normalized spacial score (nSPS) is 11.5. The summed E-state index contributed by atoms with van der Waals surface area (Å²) in [5, 5.41) is 28.6. The van der Waals surface area contributed by atoms with Gasteiger partial charge in [-0.15, -0.1) is 11.3 Å². The fraction of sp³-hybridized carbons (Fsp3) is 0.0556. The van der Waals surface area contributed by atoms with E-state index in [1.54, 1.807) is 0 Å². The lowest BCUT2D eigenvalue weighted by Gasteiger charge is -2.05. The average Bonchev–Trinajstić information content (AvgIpc) is 2.99. The summed E-state index contributed by atoms with van der Waals surface area (Å²) < 4.78 is 38.8. The molecule has 0 aliphatic carbocycles. The maximum Gasteiger partial charge on any atom is 0.339 e. The fourth-order valence-electron chi connectivity index (χ4n) is 2.55. The first kappa shape index (κ1) is 20.1. The molecule has 0 atom stereocenters. The van der Waals surface area contributed by atoms with Crippen LogP contribution < -0.4 is 0 Å². The van der Waals surface area contributed by atoms with Gasteiger partial charge in [0.1, 0.15) is 31.4 Å². The quantitative estimate of drug-likeness (QED) is 0.543. The van der Waals surface area contributed by atoms with E-state index in [0.717, 1.165) is 41.7 Å². The number of aromatic hydroxyl groups is 2. The molecule has 1 heterocycles. The van der Waals surface area contributed by atoms with Gasteiger partial charge < -0.3 is 15.3 Å². The molecule has 0 radical (unpaired) electrons. The molecule has 0 aliphatic rings. The number of hydrogen-bond acceptors (Lipinski definition) is 6. The van der Waals surface area contributed by atoms with Gasteiger partial charge in [-0.1, -0.05) is 17.7 Å². The van der Waals surface area contributed by atoms with Crippen LogP contribution in [0.15, 0.2) is 46.7 Å². The summed E-state index contributed by atoms with van der Waals surface area (Å²) >= 11 is 6.86. The van der Waals surface area contributed by atoms with Crippen molar-refractivity contribution in [2.75, 3.05) is 0 Å². The first-order chi connectivity index (χ1) is 13.1. The Morgan fingerprint density at radius 1 is 1.04 bits per heavy atom. The van der Waals surface area contributed by atoms with Crippen molar-refractivity contribution in [1.82, 2.24) is 0 Å². The highest BCUT2D eigenvalue weighted by Gasteiger charge is 2.23. The van der Waals surface area contributed by atoms with Crippen LogP contribution >= 0.6 is 22.9 Å². The number of carboxylic acid groups (broad SMARTS) is 1. The van der Waals surface area contributed by atoms with E-state index in [9.17, 15) is 27.8 Å². The molecule has 2 aromatic carbocycles. The second-order valence-corrected chi connectivity index (χ2v) is 9.70. The van der Waals surface area contributed by atoms with E-state index in [1.165, 1.54) is 12.1 Å². The fourth-order valence-corrected chi connectivity index (χ4v) is 5.71. The number of carboxylic acids is 1. The van der Waals surface area contributed by atoms with Gasteiger partial charge in [-0.25, -0.2) is 17.6 Å². The Balaban J connectivity index is 1.96. The third kappa shape index (κ3) is 3.96. The van der Waals surface area contributed by atoms with Crippen molar-refractivity contribution >= 4 is 38.7 Å². The Hall–Kier alpha value is -2.62. The topological polar surface area (TPSA) is 112 Å². The van der Waals surface area contributed by atoms with E-state index in [2.05, 4.69) is 0 Å². The van der Waals surface area contributed by atoms with Crippen LogP contribution in [0.4, 0.5) is 4.39 Å². The molecule has 0 fully saturated rings. The summed E-state index contributed by atoms with van der Waals surface area (Å²) in [4.78, 5) is 10.9. The number of thiophene rings is 1. The molecule has 0 saturated carbocycles. The maximum absolute atomic E-state index is 13.5. The SMILES string of the molecule is O=C(O)c1ccc(CS(=O)(=O)c2cc(-c3cc(F)ccc3O)c(Cl)s2)cc1O. The van der Waals surface area contributed by atoms with Crippen LogP contribution in [-0.4, -0.2) is 29.7 Å². The number of phenols is 2. The molecule has 10 heteroatoms. The Kier molecular flexibility index (Phi) is 5.33. The number of benzene rings is 2. The summed E-state index contributed by atoms with van der Waals surface area (Å²) in [5.41, 5.74) is 0.0730. The van der Waals surface area contributed by atoms with E-state index in [0.29, 0.717) is 0 Å². The molecule has 1 aromatic heterocycles. The average molecular weight is 443 g/mol. The first-order valence-electron chi connectivity index (χ1n) is 7.64. The molecule has 146 valence electrons. The molecule has 0 saturated heterocycles. The molecule has 3 aromatic rings. The lowest BCUT2D eigenvalue weighted by Crippen LogP contribution is -2.04. The number of halogens is 2. The van der Waals surface area contributed by atoms with Gasteiger partial charge in [0.15, 0.2) is 9.84 Å². The number of aromatic carboxylic acids is 1. The number of sulfone groups is 1. The van der Waals surface area contributed by atoms with Crippen molar-refractivity contribution in [3.63, 3.8) is 0 Å². The Bertz CT molecular complexity index is 1190. The van der Waals surface area contributed by atoms with Crippen molar-refractivity contribution in [1.29, 1.82) is 0 Å². The predicted octanol–water partition coefficient (Wildman–Crippen LogP) is 4.29. The van der Waals surface area contributed by atoms with E-state index >= 15 is 0 Å². The largest absolute Gasteiger partial charge is 0.507 e. The third-order valence-electron chi connectivity index (χ3n) is 3.87. The zero-order chi connectivity index (χ0) is 20.6. The summed E-state index contributed by atoms with van der Waals surface area (Å²) in [5.74, 6) is -3.26. The van der Waals surface area contributed by atoms with Crippen LogP contribution in [-0.2, 0) is 15.6 Å². The molecule has 0 spiro atoms. The van der Waals surface area contributed by atoms with Crippen LogP contribution in [0, 0.1) is 5.82 Å².